The van der Waals surface area contributed by atoms with E-state index >= 15 is 0 Å². The van der Waals surface area contributed by atoms with Crippen molar-refractivity contribution in [1.82, 2.24) is 0 Å². The van der Waals surface area contributed by atoms with E-state index < -0.39 is 0 Å². The van der Waals surface area contributed by atoms with Crippen molar-refractivity contribution < 1.29 is 4.79 Å². The molecule has 0 amide bonds. The summed E-state index contributed by atoms with van der Waals surface area (Å²) in [6, 6.07) is 9.73. The molecule has 1 heteroatoms. The van der Waals surface area contributed by atoms with Crippen LogP contribution in [0.4, 0.5) is 0 Å². The Balaban J connectivity index is 1.72. The van der Waals surface area contributed by atoms with E-state index in [0.29, 0.717) is 11.2 Å². The molecule has 15 heavy (non-hydrogen) atoms. The minimum absolute atomic E-state index is 0.347. The maximum absolute atomic E-state index is 12.0. The number of ketones is 1. The molecular weight excluding hydrogens is 184 g/mol. The number of rotatable bonds is 3. The zero-order chi connectivity index (χ0) is 10.3. The van der Waals surface area contributed by atoms with Crippen LogP contribution in [-0.2, 0) is 0 Å². The molecule has 0 aromatic heterocycles. The van der Waals surface area contributed by atoms with E-state index in [1.54, 1.807) is 0 Å². The topological polar surface area (TPSA) is 17.1 Å². The summed E-state index contributed by atoms with van der Waals surface area (Å²) >= 11 is 0. The molecule has 0 N–H and O–H groups in total. The lowest BCUT2D eigenvalue weighted by Gasteiger charge is -2.10. The van der Waals surface area contributed by atoms with Crippen molar-refractivity contribution in [1.29, 1.82) is 0 Å². The van der Waals surface area contributed by atoms with Gasteiger partial charge in [-0.1, -0.05) is 36.8 Å². The van der Waals surface area contributed by atoms with Gasteiger partial charge in [-0.25, -0.2) is 0 Å². The summed E-state index contributed by atoms with van der Waals surface area (Å²) in [5.74, 6) is 1.23. The van der Waals surface area contributed by atoms with E-state index in [1.165, 1.54) is 25.7 Å². The largest absolute Gasteiger partial charge is 0.294 e. The van der Waals surface area contributed by atoms with Gasteiger partial charge in [0.05, 0.1) is 0 Å². The number of benzene rings is 1. The van der Waals surface area contributed by atoms with Crippen LogP contribution in [0.5, 0.6) is 0 Å². The molecule has 0 bridgehead atoms. The fraction of sp³-hybridized carbons (Fsp3) is 0.500. The Bertz CT molecular complexity index is 382. The second kappa shape index (κ2) is 3.19. The molecule has 0 spiro atoms. The standard InChI is InChI=1S/C14H16O/c15-13(11-5-2-1-3-6-11)10-14-8-4-7-12(14)9-14/h1-3,5-6,12H,4,7-10H2/t12-,14+/m0/s1. The van der Waals surface area contributed by atoms with Gasteiger partial charge in [0, 0.05) is 12.0 Å². The summed E-state index contributed by atoms with van der Waals surface area (Å²) in [4.78, 5) is 12.0. The Morgan fingerprint density at radius 1 is 1.33 bits per heavy atom. The predicted molar refractivity (Wildman–Crippen MR) is 59.8 cm³/mol. The van der Waals surface area contributed by atoms with Crippen LogP contribution >= 0.6 is 0 Å². The summed E-state index contributed by atoms with van der Waals surface area (Å²) in [6.07, 6.45) is 6.10. The van der Waals surface area contributed by atoms with Crippen LogP contribution in [0.25, 0.3) is 0 Å². The molecule has 1 aromatic rings. The van der Waals surface area contributed by atoms with Crippen molar-refractivity contribution in [2.75, 3.05) is 0 Å². The van der Waals surface area contributed by atoms with Crippen LogP contribution in [0.3, 0.4) is 0 Å². The molecule has 1 aromatic carbocycles. The number of fused-ring (bicyclic) bond motifs is 1. The molecule has 2 fully saturated rings. The van der Waals surface area contributed by atoms with Gasteiger partial charge in [0.2, 0.25) is 0 Å². The van der Waals surface area contributed by atoms with E-state index in [4.69, 9.17) is 0 Å². The van der Waals surface area contributed by atoms with Gasteiger partial charge in [-0.2, -0.15) is 0 Å². The van der Waals surface area contributed by atoms with Crippen LogP contribution < -0.4 is 0 Å². The number of hydrogen-bond acceptors (Lipinski definition) is 1. The van der Waals surface area contributed by atoms with Crippen molar-refractivity contribution in [3.63, 3.8) is 0 Å². The molecule has 0 aliphatic heterocycles. The fourth-order valence-corrected chi connectivity index (χ4v) is 3.20. The molecule has 0 heterocycles. The van der Waals surface area contributed by atoms with Gasteiger partial charge < -0.3 is 0 Å². The maximum Gasteiger partial charge on any atom is 0.163 e. The molecule has 0 unspecified atom stereocenters. The lowest BCUT2D eigenvalue weighted by Crippen LogP contribution is -2.08. The summed E-state index contributed by atoms with van der Waals surface area (Å²) in [6.45, 7) is 0. The first kappa shape index (κ1) is 9.14. The van der Waals surface area contributed by atoms with Crippen LogP contribution in [0.15, 0.2) is 30.3 Å². The minimum Gasteiger partial charge on any atom is -0.294 e. The normalized spacial score (nSPS) is 32.4. The molecule has 2 aliphatic rings. The number of Topliss-reactive ketones (excluding diaryl/α,β-unsaturated/α-hetero) is 1. The quantitative estimate of drug-likeness (QED) is 0.683. The zero-order valence-electron chi connectivity index (χ0n) is 8.91. The summed E-state index contributed by atoms with van der Waals surface area (Å²) in [5.41, 5.74) is 1.33. The fourth-order valence-electron chi connectivity index (χ4n) is 3.20. The zero-order valence-corrected chi connectivity index (χ0v) is 8.91. The van der Waals surface area contributed by atoms with Crippen molar-refractivity contribution in [2.24, 2.45) is 11.3 Å². The first-order chi connectivity index (χ1) is 7.30. The molecule has 78 valence electrons. The van der Waals surface area contributed by atoms with Gasteiger partial charge >= 0.3 is 0 Å². The average molecular weight is 200 g/mol. The monoisotopic (exact) mass is 200 g/mol. The highest BCUT2D eigenvalue weighted by Gasteiger charge is 2.57. The van der Waals surface area contributed by atoms with Gasteiger partial charge in [0.15, 0.2) is 5.78 Å². The van der Waals surface area contributed by atoms with Gasteiger partial charge in [-0.05, 0) is 30.6 Å². The Kier molecular flexibility index (Phi) is 1.95. The molecule has 0 saturated heterocycles. The van der Waals surface area contributed by atoms with Crippen LogP contribution in [0.2, 0.25) is 0 Å². The molecule has 2 atom stereocenters. The van der Waals surface area contributed by atoms with Gasteiger partial charge in [-0.15, -0.1) is 0 Å². The Hall–Kier alpha value is -1.11. The van der Waals surface area contributed by atoms with Crippen molar-refractivity contribution >= 4 is 5.78 Å². The highest BCUT2D eigenvalue weighted by atomic mass is 16.1. The van der Waals surface area contributed by atoms with Crippen molar-refractivity contribution in [3.05, 3.63) is 35.9 Å². The number of hydrogen-bond donors (Lipinski definition) is 0. The third kappa shape index (κ3) is 1.50. The van der Waals surface area contributed by atoms with Gasteiger partial charge in [0.25, 0.3) is 0 Å². The third-order valence-corrected chi connectivity index (χ3v) is 4.19. The molecular formula is C14H16O. The van der Waals surface area contributed by atoms with E-state index in [9.17, 15) is 4.79 Å². The average Bonchev–Trinajstić information content (AvgIpc) is 2.81. The SMILES string of the molecule is O=C(C[C@]12CCC[C@H]1C2)c1ccccc1. The molecule has 3 rings (SSSR count). The first-order valence-corrected chi connectivity index (χ1v) is 5.88. The van der Waals surface area contributed by atoms with E-state index in [1.807, 2.05) is 30.3 Å². The van der Waals surface area contributed by atoms with Gasteiger partial charge in [-0.3, -0.25) is 4.79 Å². The minimum atomic E-state index is 0.347. The molecule has 0 radical (unpaired) electrons. The summed E-state index contributed by atoms with van der Waals surface area (Å²) < 4.78 is 0. The molecule has 2 saturated carbocycles. The maximum atomic E-state index is 12.0. The highest BCUT2D eigenvalue weighted by Crippen LogP contribution is 2.65. The van der Waals surface area contributed by atoms with Gasteiger partial charge in [0.1, 0.15) is 0 Å². The summed E-state index contributed by atoms with van der Waals surface area (Å²) in [5, 5.41) is 0. The summed E-state index contributed by atoms with van der Waals surface area (Å²) in [7, 11) is 0. The Morgan fingerprint density at radius 3 is 2.73 bits per heavy atom. The van der Waals surface area contributed by atoms with E-state index in [0.717, 1.165) is 17.9 Å². The number of carbonyl (C=O) groups is 1. The van der Waals surface area contributed by atoms with E-state index in [2.05, 4.69) is 0 Å². The first-order valence-electron chi connectivity index (χ1n) is 5.88. The Morgan fingerprint density at radius 2 is 2.13 bits per heavy atom. The third-order valence-electron chi connectivity index (χ3n) is 4.19. The lowest BCUT2D eigenvalue weighted by atomic mass is 9.93. The van der Waals surface area contributed by atoms with Crippen LogP contribution in [0.1, 0.15) is 42.5 Å². The smallest absolute Gasteiger partial charge is 0.163 e. The second-order valence-electron chi connectivity index (χ2n) is 5.12. The predicted octanol–water partition coefficient (Wildman–Crippen LogP) is 3.45. The lowest BCUT2D eigenvalue weighted by molar-refractivity contribution is 0.0952. The molecule has 1 nitrogen and oxygen atoms in total. The number of carbonyl (C=O) groups excluding carboxylic acids is 1. The highest BCUT2D eigenvalue weighted by molar-refractivity contribution is 5.96. The van der Waals surface area contributed by atoms with Crippen LogP contribution in [-0.4, -0.2) is 5.78 Å². The second-order valence-corrected chi connectivity index (χ2v) is 5.12. The van der Waals surface area contributed by atoms with Crippen molar-refractivity contribution in [3.8, 4) is 0 Å². The van der Waals surface area contributed by atoms with Crippen LogP contribution in [0, 0.1) is 11.3 Å². The van der Waals surface area contributed by atoms with Crippen molar-refractivity contribution in [2.45, 2.75) is 32.1 Å². The van der Waals surface area contributed by atoms with E-state index in [-0.39, 0.29) is 0 Å². The Labute approximate surface area is 90.5 Å². The molecule has 2 aliphatic carbocycles.